The van der Waals surface area contributed by atoms with E-state index in [1.54, 1.807) is 24.3 Å². The van der Waals surface area contributed by atoms with E-state index in [1.165, 1.54) is 16.8 Å². The van der Waals surface area contributed by atoms with E-state index >= 15 is 0 Å². The first kappa shape index (κ1) is 17.4. The zero-order valence-electron chi connectivity index (χ0n) is 13.0. The Morgan fingerprint density at radius 2 is 2.12 bits per heavy atom. The normalized spacial score (nSPS) is 22.7. The highest BCUT2D eigenvalue weighted by molar-refractivity contribution is 6.30. The number of rotatable bonds is 4. The number of carbonyl (C=O) groups is 1. The summed E-state index contributed by atoms with van der Waals surface area (Å²) in [6, 6.07) is 7.70. The third-order valence-electron chi connectivity index (χ3n) is 3.82. The highest BCUT2D eigenvalue weighted by Gasteiger charge is 2.36. The summed E-state index contributed by atoms with van der Waals surface area (Å²) in [5, 5.41) is 10.6. The lowest BCUT2D eigenvalue weighted by Gasteiger charge is -2.16. The summed E-state index contributed by atoms with van der Waals surface area (Å²) in [5.41, 5.74) is 5.21. The van der Waals surface area contributed by atoms with Crippen LogP contribution in [0.25, 0.3) is 0 Å². The van der Waals surface area contributed by atoms with Crippen molar-refractivity contribution in [2.75, 3.05) is 12.3 Å². The molecule has 3 rings (SSSR count). The molecule has 3 atom stereocenters. The van der Waals surface area contributed by atoms with Crippen molar-refractivity contribution < 1.29 is 19.4 Å². The van der Waals surface area contributed by atoms with E-state index in [1.807, 2.05) is 0 Å². The Bertz CT molecular complexity index is 823. The molecule has 1 aromatic heterocycles. The van der Waals surface area contributed by atoms with E-state index in [0.717, 1.165) is 0 Å². The quantitative estimate of drug-likeness (QED) is 0.776. The minimum absolute atomic E-state index is 0.105. The Balaban J connectivity index is 1.61. The van der Waals surface area contributed by atoms with Gasteiger partial charge in [0.15, 0.2) is 0 Å². The number of ether oxygens (including phenoxy) is 2. The van der Waals surface area contributed by atoms with Crippen LogP contribution in [0, 0.1) is 0 Å². The van der Waals surface area contributed by atoms with Crippen molar-refractivity contribution in [2.45, 2.75) is 24.9 Å². The molecule has 0 saturated carbocycles. The number of esters is 1. The average Bonchev–Trinajstić information content (AvgIpc) is 2.94. The SMILES string of the molecule is Nc1ccn([C@H]2C[C@H](O)[C@@H](COC(=O)c3ccc(Cl)cc3)O2)c(=O)n1. The fourth-order valence-corrected chi connectivity index (χ4v) is 2.63. The van der Waals surface area contributed by atoms with Crippen LogP contribution < -0.4 is 11.4 Å². The van der Waals surface area contributed by atoms with Gasteiger partial charge in [-0.1, -0.05) is 11.6 Å². The summed E-state index contributed by atoms with van der Waals surface area (Å²) in [5.74, 6) is -0.449. The zero-order valence-corrected chi connectivity index (χ0v) is 13.8. The first-order valence-electron chi connectivity index (χ1n) is 7.55. The lowest BCUT2D eigenvalue weighted by molar-refractivity contribution is -0.0531. The maximum absolute atomic E-state index is 12.0. The van der Waals surface area contributed by atoms with E-state index in [9.17, 15) is 14.7 Å². The lowest BCUT2D eigenvalue weighted by Crippen LogP contribution is -2.29. The van der Waals surface area contributed by atoms with Crippen molar-refractivity contribution in [1.82, 2.24) is 9.55 Å². The summed E-state index contributed by atoms with van der Waals surface area (Å²) in [6.45, 7) is -0.143. The van der Waals surface area contributed by atoms with E-state index in [4.69, 9.17) is 26.8 Å². The van der Waals surface area contributed by atoms with Gasteiger partial charge in [-0.15, -0.1) is 0 Å². The van der Waals surface area contributed by atoms with Gasteiger partial charge in [0.2, 0.25) is 0 Å². The van der Waals surface area contributed by atoms with Crippen LogP contribution in [-0.4, -0.2) is 39.4 Å². The maximum Gasteiger partial charge on any atom is 0.351 e. The molecule has 0 bridgehead atoms. The van der Waals surface area contributed by atoms with Gasteiger partial charge >= 0.3 is 11.7 Å². The van der Waals surface area contributed by atoms with Crippen LogP contribution in [0.2, 0.25) is 5.02 Å². The number of hydrogen-bond donors (Lipinski definition) is 2. The van der Waals surface area contributed by atoms with E-state index in [0.29, 0.717) is 10.6 Å². The highest BCUT2D eigenvalue weighted by Crippen LogP contribution is 2.28. The predicted molar refractivity (Wildman–Crippen MR) is 89.2 cm³/mol. The van der Waals surface area contributed by atoms with Crippen LogP contribution in [0.5, 0.6) is 0 Å². The number of nitrogens with two attached hydrogens (primary N) is 1. The zero-order chi connectivity index (χ0) is 18.0. The Hall–Kier alpha value is -2.42. The lowest BCUT2D eigenvalue weighted by atomic mass is 10.2. The number of halogens is 1. The molecule has 132 valence electrons. The molecule has 1 saturated heterocycles. The molecular formula is C16H16ClN3O5. The minimum Gasteiger partial charge on any atom is -0.459 e. The topological polar surface area (TPSA) is 117 Å². The van der Waals surface area contributed by atoms with Crippen molar-refractivity contribution in [3.05, 3.63) is 57.6 Å². The molecule has 1 fully saturated rings. The van der Waals surface area contributed by atoms with Crippen LogP contribution in [0.3, 0.4) is 0 Å². The Labute approximate surface area is 147 Å². The van der Waals surface area contributed by atoms with Gasteiger partial charge in [0.05, 0.1) is 11.7 Å². The second-order valence-corrected chi connectivity index (χ2v) is 6.02. The molecule has 0 radical (unpaired) electrons. The van der Waals surface area contributed by atoms with Gasteiger partial charge in [0, 0.05) is 17.6 Å². The molecule has 1 aliphatic heterocycles. The van der Waals surface area contributed by atoms with Crippen LogP contribution in [0.1, 0.15) is 23.0 Å². The number of hydrogen-bond acceptors (Lipinski definition) is 7. The van der Waals surface area contributed by atoms with Gasteiger partial charge in [-0.05, 0) is 30.3 Å². The third kappa shape index (κ3) is 3.98. The second-order valence-electron chi connectivity index (χ2n) is 5.58. The summed E-state index contributed by atoms with van der Waals surface area (Å²) in [6.07, 6.45) is -0.702. The average molecular weight is 366 g/mol. The molecular weight excluding hydrogens is 350 g/mol. The minimum atomic E-state index is -0.882. The maximum atomic E-state index is 12.0. The van der Waals surface area contributed by atoms with Crippen LogP contribution in [0.15, 0.2) is 41.3 Å². The molecule has 1 aromatic carbocycles. The first-order chi connectivity index (χ1) is 11.9. The van der Waals surface area contributed by atoms with Gasteiger partial charge < -0.3 is 20.3 Å². The molecule has 8 nitrogen and oxygen atoms in total. The molecule has 3 N–H and O–H groups in total. The van der Waals surface area contributed by atoms with Crippen LogP contribution in [0.4, 0.5) is 5.82 Å². The molecule has 25 heavy (non-hydrogen) atoms. The molecule has 2 heterocycles. The van der Waals surface area contributed by atoms with Gasteiger partial charge in [-0.25, -0.2) is 9.59 Å². The highest BCUT2D eigenvalue weighted by atomic mass is 35.5. The molecule has 9 heteroatoms. The van der Waals surface area contributed by atoms with E-state index in [2.05, 4.69) is 4.98 Å². The summed E-state index contributed by atoms with van der Waals surface area (Å²) in [4.78, 5) is 27.4. The van der Waals surface area contributed by atoms with Crippen molar-refractivity contribution in [1.29, 1.82) is 0 Å². The van der Waals surface area contributed by atoms with E-state index < -0.39 is 30.1 Å². The number of aliphatic hydroxyl groups is 1. The van der Waals surface area contributed by atoms with Crippen molar-refractivity contribution in [2.24, 2.45) is 0 Å². The Morgan fingerprint density at radius 1 is 1.40 bits per heavy atom. The number of aliphatic hydroxyl groups excluding tert-OH is 1. The third-order valence-corrected chi connectivity index (χ3v) is 4.08. The monoisotopic (exact) mass is 365 g/mol. The molecule has 0 amide bonds. The predicted octanol–water partition coefficient (Wildman–Crippen LogP) is 0.984. The van der Waals surface area contributed by atoms with Crippen LogP contribution in [-0.2, 0) is 9.47 Å². The number of anilines is 1. The van der Waals surface area contributed by atoms with Crippen molar-refractivity contribution in [3.63, 3.8) is 0 Å². The second kappa shape index (κ2) is 7.22. The fourth-order valence-electron chi connectivity index (χ4n) is 2.51. The smallest absolute Gasteiger partial charge is 0.351 e. The Kier molecular flexibility index (Phi) is 5.03. The van der Waals surface area contributed by atoms with Crippen molar-refractivity contribution >= 4 is 23.4 Å². The molecule has 0 aliphatic carbocycles. The molecule has 1 aliphatic rings. The Morgan fingerprint density at radius 3 is 2.80 bits per heavy atom. The number of benzene rings is 1. The molecule has 0 spiro atoms. The van der Waals surface area contributed by atoms with Gasteiger partial charge in [-0.2, -0.15) is 4.98 Å². The van der Waals surface area contributed by atoms with E-state index in [-0.39, 0.29) is 18.8 Å². The number of nitrogens with zero attached hydrogens (tertiary/aromatic N) is 2. The standard InChI is InChI=1S/C16H16ClN3O5/c17-10-3-1-9(2-4-10)15(22)24-8-12-11(21)7-14(25-12)20-6-5-13(18)19-16(20)23/h1-6,11-12,14,21H,7-8H2,(H2,18,19,23)/t11-,12+,14+/m0/s1. The summed E-state index contributed by atoms with van der Waals surface area (Å²) < 4.78 is 12.0. The number of aromatic nitrogens is 2. The van der Waals surface area contributed by atoms with Gasteiger partial charge in [0.25, 0.3) is 0 Å². The van der Waals surface area contributed by atoms with Crippen molar-refractivity contribution in [3.8, 4) is 0 Å². The molecule has 2 aromatic rings. The largest absolute Gasteiger partial charge is 0.459 e. The first-order valence-corrected chi connectivity index (χ1v) is 7.92. The number of nitrogen functional groups attached to an aromatic ring is 1. The summed E-state index contributed by atoms with van der Waals surface area (Å²) >= 11 is 5.77. The van der Waals surface area contributed by atoms with Gasteiger partial charge in [-0.3, -0.25) is 4.57 Å². The van der Waals surface area contributed by atoms with Crippen LogP contribution >= 0.6 is 11.6 Å². The fraction of sp³-hybridized carbons (Fsp3) is 0.312. The van der Waals surface area contributed by atoms with Gasteiger partial charge in [0.1, 0.15) is 24.8 Å². The summed E-state index contributed by atoms with van der Waals surface area (Å²) in [7, 11) is 0. The number of carbonyl (C=O) groups excluding carboxylic acids is 1. The molecule has 0 unspecified atom stereocenters.